The average molecular weight is 388 g/mol. The molecule has 1 aromatic carbocycles. The van der Waals surface area contributed by atoms with Crippen molar-refractivity contribution in [2.45, 2.75) is 24.1 Å². The number of nitrogens with one attached hydrogen (secondary N) is 1. The molecule has 0 aliphatic rings. The second-order valence-corrected chi connectivity index (χ2v) is 6.46. The lowest BCUT2D eigenvalue weighted by atomic mass is 10.2. The number of ether oxygens (including phenoxy) is 1. The molecule has 0 aliphatic carbocycles. The summed E-state index contributed by atoms with van der Waals surface area (Å²) in [5.74, 6) is -0.355. The number of rotatable bonds is 9. The van der Waals surface area contributed by atoms with Crippen LogP contribution in [0.4, 0.5) is 4.39 Å². The largest absolute Gasteiger partial charge is 0.390 e. The quantitative estimate of drug-likeness (QED) is 0.509. The number of aromatic nitrogens is 2. The van der Waals surface area contributed by atoms with Gasteiger partial charge in [0.25, 0.3) is 0 Å². The Balaban J connectivity index is 2.08. The van der Waals surface area contributed by atoms with Crippen molar-refractivity contribution in [3.63, 3.8) is 0 Å². The lowest BCUT2D eigenvalue weighted by Crippen LogP contribution is -2.31. The monoisotopic (exact) mass is 387 g/mol. The van der Waals surface area contributed by atoms with Crippen molar-refractivity contribution >= 4 is 29.3 Å². The molecule has 0 radical (unpaired) electrons. The number of thioether (sulfide) groups is 1. The number of hydrogen-bond donors (Lipinski definition) is 2. The highest BCUT2D eigenvalue weighted by molar-refractivity contribution is 7.98. The highest BCUT2D eigenvalue weighted by atomic mass is 35.5. The van der Waals surface area contributed by atoms with E-state index in [1.807, 2.05) is 0 Å². The molecule has 0 aliphatic heterocycles. The van der Waals surface area contributed by atoms with E-state index in [1.165, 1.54) is 24.0 Å². The molecule has 1 heterocycles. The predicted molar refractivity (Wildman–Crippen MR) is 94.0 cm³/mol. The van der Waals surface area contributed by atoms with Gasteiger partial charge in [-0.1, -0.05) is 29.4 Å². The Labute approximate surface area is 154 Å². The van der Waals surface area contributed by atoms with Gasteiger partial charge in [-0.05, 0) is 12.1 Å². The van der Waals surface area contributed by atoms with E-state index in [4.69, 9.17) is 16.3 Å². The number of hydrogen-bond acceptors (Lipinski definition) is 5. The summed E-state index contributed by atoms with van der Waals surface area (Å²) in [5.41, 5.74) is 0.878. The topological polar surface area (TPSA) is 76.4 Å². The van der Waals surface area contributed by atoms with Gasteiger partial charge in [0.05, 0.1) is 25.1 Å². The molecule has 1 aromatic heterocycles. The molecular weight excluding hydrogens is 369 g/mol. The van der Waals surface area contributed by atoms with Crippen molar-refractivity contribution in [1.29, 1.82) is 0 Å². The van der Waals surface area contributed by atoms with Crippen LogP contribution in [0.3, 0.4) is 0 Å². The highest BCUT2D eigenvalue weighted by Gasteiger charge is 2.15. The molecule has 2 aromatic rings. The zero-order valence-corrected chi connectivity index (χ0v) is 15.2. The van der Waals surface area contributed by atoms with Crippen LogP contribution in [0, 0.1) is 5.82 Å². The third kappa shape index (κ3) is 5.43. The van der Waals surface area contributed by atoms with E-state index in [-0.39, 0.29) is 24.8 Å². The molecule has 0 bridgehead atoms. The zero-order valence-electron chi connectivity index (χ0n) is 13.7. The molecular formula is C16H19ClFN3O3S. The first-order chi connectivity index (χ1) is 12.1. The summed E-state index contributed by atoms with van der Waals surface area (Å²) >= 11 is 7.27. The molecule has 0 saturated heterocycles. The number of methoxy groups -OCH3 is 1. The number of amides is 1. The maximum absolute atomic E-state index is 13.9. The van der Waals surface area contributed by atoms with Crippen molar-refractivity contribution in [2.75, 3.05) is 20.3 Å². The minimum Gasteiger partial charge on any atom is -0.390 e. The van der Waals surface area contributed by atoms with Crippen LogP contribution in [0.5, 0.6) is 0 Å². The van der Waals surface area contributed by atoms with E-state index >= 15 is 0 Å². The fourth-order valence-electron chi connectivity index (χ4n) is 2.10. The van der Waals surface area contributed by atoms with Gasteiger partial charge in [-0.3, -0.25) is 4.79 Å². The van der Waals surface area contributed by atoms with Crippen LogP contribution >= 0.6 is 23.4 Å². The number of nitrogens with zero attached hydrogens (tertiary/aromatic N) is 2. The van der Waals surface area contributed by atoms with Crippen molar-refractivity contribution < 1.29 is 19.0 Å². The van der Waals surface area contributed by atoms with Crippen LogP contribution in [0.15, 0.2) is 29.6 Å². The lowest BCUT2D eigenvalue weighted by molar-refractivity contribution is -0.122. The van der Waals surface area contributed by atoms with Crippen molar-refractivity contribution in [3.8, 4) is 0 Å². The summed E-state index contributed by atoms with van der Waals surface area (Å²) in [6.45, 7) is 0.564. The summed E-state index contributed by atoms with van der Waals surface area (Å²) in [7, 11) is 1.55. The highest BCUT2D eigenvalue weighted by Crippen LogP contribution is 2.28. The van der Waals surface area contributed by atoms with Gasteiger partial charge in [0.2, 0.25) is 5.91 Å². The first-order valence-electron chi connectivity index (χ1n) is 7.53. The molecule has 2 rings (SSSR count). The number of imidazole rings is 1. The molecule has 1 amide bonds. The molecule has 136 valence electrons. The van der Waals surface area contributed by atoms with E-state index in [2.05, 4.69) is 10.3 Å². The Hall–Kier alpha value is -1.61. The summed E-state index contributed by atoms with van der Waals surface area (Å²) in [6, 6.07) is 4.51. The molecule has 2 N–H and O–H groups in total. The van der Waals surface area contributed by atoms with Crippen LogP contribution in [-0.2, 0) is 28.4 Å². The van der Waals surface area contributed by atoms with Gasteiger partial charge in [-0.25, -0.2) is 9.37 Å². The maximum atomic E-state index is 13.9. The normalized spacial score (nSPS) is 10.9. The van der Waals surface area contributed by atoms with Crippen LogP contribution in [0.25, 0.3) is 0 Å². The van der Waals surface area contributed by atoms with E-state index in [9.17, 15) is 14.3 Å². The third-order valence-electron chi connectivity index (χ3n) is 3.40. The Morgan fingerprint density at radius 3 is 3.00 bits per heavy atom. The van der Waals surface area contributed by atoms with Gasteiger partial charge < -0.3 is 19.7 Å². The molecule has 0 atom stereocenters. The predicted octanol–water partition coefficient (Wildman–Crippen LogP) is 2.22. The Kier molecular flexibility index (Phi) is 7.70. The van der Waals surface area contributed by atoms with Gasteiger partial charge in [0.15, 0.2) is 5.16 Å². The molecule has 0 fully saturated rings. The second kappa shape index (κ2) is 9.76. The van der Waals surface area contributed by atoms with Gasteiger partial charge in [-0.2, -0.15) is 0 Å². The number of halogens is 2. The van der Waals surface area contributed by atoms with Crippen LogP contribution in [0.1, 0.15) is 11.3 Å². The van der Waals surface area contributed by atoms with E-state index in [0.29, 0.717) is 34.6 Å². The summed E-state index contributed by atoms with van der Waals surface area (Å²) in [5, 5.41) is 13.0. The SMILES string of the molecule is COCCNC(=O)Cn1c(CO)cnc1SCc1c(F)cccc1Cl. The van der Waals surface area contributed by atoms with E-state index in [0.717, 1.165) is 0 Å². The minimum atomic E-state index is -0.391. The fourth-order valence-corrected chi connectivity index (χ4v) is 3.44. The summed E-state index contributed by atoms with van der Waals surface area (Å²) < 4.78 is 20.3. The number of aliphatic hydroxyl groups is 1. The molecule has 0 spiro atoms. The molecule has 25 heavy (non-hydrogen) atoms. The molecule has 9 heteroatoms. The van der Waals surface area contributed by atoms with Crippen LogP contribution in [0.2, 0.25) is 5.02 Å². The fraction of sp³-hybridized carbons (Fsp3) is 0.375. The number of aliphatic hydroxyl groups excluding tert-OH is 1. The molecule has 0 unspecified atom stereocenters. The van der Waals surface area contributed by atoms with Gasteiger partial charge in [0, 0.05) is 30.0 Å². The molecule has 0 saturated carbocycles. The third-order valence-corrected chi connectivity index (χ3v) is 4.77. The van der Waals surface area contributed by atoms with Crippen LogP contribution < -0.4 is 5.32 Å². The van der Waals surface area contributed by atoms with Gasteiger partial charge >= 0.3 is 0 Å². The lowest BCUT2D eigenvalue weighted by Gasteiger charge is -2.11. The number of carbonyl (C=O) groups is 1. The van der Waals surface area contributed by atoms with E-state index < -0.39 is 5.82 Å². The van der Waals surface area contributed by atoms with Crippen LogP contribution in [-0.4, -0.2) is 40.8 Å². The number of benzene rings is 1. The smallest absolute Gasteiger partial charge is 0.240 e. The van der Waals surface area contributed by atoms with Gasteiger partial charge in [-0.15, -0.1) is 0 Å². The maximum Gasteiger partial charge on any atom is 0.240 e. The Morgan fingerprint density at radius 1 is 1.52 bits per heavy atom. The second-order valence-electron chi connectivity index (χ2n) is 5.11. The zero-order chi connectivity index (χ0) is 18.2. The Morgan fingerprint density at radius 2 is 2.32 bits per heavy atom. The number of carbonyl (C=O) groups excluding carboxylic acids is 1. The minimum absolute atomic E-state index is 0.00689. The van der Waals surface area contributed by atoms with Crippen molar-refractivity contribution in [1.82, 2.24) is 14.9 Å². The van der Waals surface area contributed by atoms with E-state index in [1.54, 1.807) is 23.8 Å². The van der Waals surface area contributed by atoms with Crippen molar-refractivity contribution in [2.24, 2.45) is 0 Å². The molecule has 6 nitrogen and oxygen atoms in total. The first kappa shape index (κ1) is 19.7. The van der Waals surface area contributed by atoms with Gasteiger partial charge in [0.1, 0.15) is 12.4 Å². The van der Waals surface area contributed by atoms with Crippen molar-refractivity contribution in [3.05, 3.63) is 46.5 Å². The average Bonchev–Trinajstić information content (AvgIpc) is 2.96. The Bertz CT molecular complexity index is 706. The summed E-state index contributed by atoms with van der Waals surface area (Å²) in [6.07, 6.45) is 1.49. The first-order valence-corrected chi connectivity index (χ1v) is 8.89. The summed E-state index contributed by atoms with van der Waals surface area (Å²) in [4.78, 5) is 16.2. The standard InChI is InChI=1S/C16H19ClFN3O3S/c1-24-6-5-19-15(23)8-21-11(9-22)7-20-16(21)25-10-12-13(17)3-2-4-14(12)18/h2-4,7,22H,5-6,8-10H2,1H3,(H,19,23).